The predicted molar refractivity (Wildman–Crippen MR) is 126 cm³/mol. The number of hydrogen-bond donors (Lipinski definition) is 1. The number of imide groups is 1. The van der Waals surface area contributed by atoms with Crippen LogP contribution >= 0.6 is 11.3 Å². The van der Waals surface area contributed by atoms with E-state index in [9.17, 15) is 9.59 Å². The zero-order valence-corrected chi connectivity index (χ0v) is 19.9. The Morgan fingerprint density at radius 2 is 2.00 bits per heavy atom. The van der Waals surface area contributed by atoms with Gasteiger partial charge in [0.25, 0.3) is 0 Å². The fourth-order valence-electron chi connectivity index (χ4n) is 4.84. The number of thiophene rings is 1. The van der Waals surface area contributed by atoms with E-state index in [0.717, 1.165) is 30.6 Å². The molecule has 1 aliphatic carbocycles. The lowest BCUT2D eigenvalue weighted by atomic mass is 9.79. The number of hydrogen-bond acceptors (Lipinski definition) is 7. The number of nitrogens with one attached hydrogen (secondary N) is 1. The smallest absolute Gasteiger partial charge is 0.410 e. The summed E-state index contributed by atoms with van der Waals surface area (Å²) in [5.41, 5.74) is 0. The van der Waals surface area contributed by atoms with Crippen LogP contribution in [0.25, 0.3) is 0 Å². The zero-order valence-electron chi connectivity index (χ0n) is 19.0. The van der Waals surface area contributed by atoms with Gasteiger partial charge < -0.3 is 19.5 Å². The lowest BCUT2D eigenvalue weighted by Crippen LogP contribution is -2.45. The van der Waals surface area contributed by atoms with Crippen molar-refractivity contribution in [2.75, 3.05) is 26.8 Å². The Labute approximate surface area is 199 Å². The maximum Gasteiger partial charge on any atom is 0.422 e. The summed E-state index contributed by atoms with van der Waals surface area (Å²) in [5.74, 6) is -0.334. The molecular formula is C25H32N2O5S. The van der Waals surface area contributed by atoms with Crippen molar-refractivity contribution in [1.29, 1.82) is 0 Å². The summed E-state index contributed by atoms with van der Waals surface area (Å²) >= 11 is 1.52. The van der Waals surface area contributed by atoms with Gasteiger partial charge in [0.1, 0.15) is 5.75 Å². The number of benzene rings is 1. The minimum atomic E-state index is -0.650. The summed E-state index contributed by atoms with van der Waals surface area (Å²) in [5, 5.41) is 5.08. The van der Waals surface area contributed by atoms with E-state index >= 15 is 0 Å². The van der Waals surface area contributed by atoms with Gasteiger partial charge in [-0.15, -0.1) is 11.3 Å². The summed E-state index contributed by atoms with van der Waals surface area (Å²) in [6.45, 7) is 1.95. The highest BCUT2D eigenvalue weighted by molar-refractivity contribution is 7.09. The normalized spacial score (nSPS) is 20.5. The number of para-hydroxylation sites is 1. The summed E-state index contributed by atoms with van der Waals surface area (Å²) in [6.07, 6.45) is 3.76. The summed E-state index contributed by atoms with van der Waals surface area (Å²) in [4.78, 5) is 29.0. The van der Waals surface area contributed by atoms with Crippen molar-refractivity contribution in [3.63, 3.8) is 0 Å². The first-order valence-electron chi connectivity index (χ1n) is 11.6. The Morgan fingerprint density at radius 3 is 2.70 bits per heavy atom. The van der Waals surface area contributed by atoms with Gasteiger partial charge in [-0.25, -0.2) is 9.69 Å². The van der Waals surface area contributed by atoms with Gasteiger partial charge in [0, 0.05) is 24.3 Å². The third kappa shape index (κ3) is 6.20. The quantitative estimate of drug-likeness (QED) is 0.612. The van der Waals surface area contributed by atoms with Crippen molar-refractivity contribution in [3.8, 4) is 5.75 Å². The van der Waals surface area contributed by atoms with Gasteiger partial charge in [-0.05, 0) is 49.4 Å². The fourth-order valence-corrected chi connectivity index (χ4v) is 5.53. The van der Waals surface area contributed by atoms with E-state index in [1.807, 2.05) is 30.6 Å². The molecule has 1 saturated carbocycles. The zero-order chi connectivity index (χ0) is 23.1. The molecule has 1 saturated heterocycles. The summed E-state index contributed by atoms with van der Waals surface area (Å²) in [6, 6.07) is 12.7. The average molecular weight is 473 g/mol. The van der Waals surface area contributed by atoms with Crippen LogP contribution in [0.2, 0.25) is 0 Å². The van der Waals surface area contributed by atoms with Crippen LogP contribution < -0.4 is 10.1 Å². The van der Waals surface area contributed by atoms with Gasteiger partial charge in [0.05, 0.1) is 25.7 Å². The molecule has 1 N–H and O–H groups in total. The van der Waals surface area contributed by atoms with Crippen molar-refractivity contribution >= 4 is 23.3 Å². The largest absolute Gasteiger partial charge is 0.422 e. The topological polar surface area (TPSA) is 77.1 Å². The van der Waals surface area contributed by atoms with Crippen molar-refractivity contribution < 1.29 is 23.8 Å². The Bertz CT molecular complexity index is 899. The van der Waals surface area contributed by atoms with Crippen LogP contribution in [-0.2, 0) is 20.8 Å². The first-order chi connectivity index (χ1) is 16.1. The lowest BCUT2D eigenvalue weighted by molar-refractivity contribution is -0.188. The number of amides is 2. The second-order valence-corrected chi connectivity index (χ2v) is 9.78. The minimum absolute atomic E-state index is 0.198. The molecule has 0 radical (unpaired) electrons. The van der Waals surface area contributed by atoms with E-state index in [4.69, 9.17) is 14.2 Å². The Balaban J connectivity index is 1.49. The molecule has 178 valence electrons. The Morgan fingerprint density at radius 1 is 1.21 bits per heavy atom. The molecule has 0 bridgehead atoms. The molecule has 1 aromatic heterocycles. The molecular weight excluding hydrogens is 440 g/mol. The molecule has 2 heterocycles. The van der Waals surface area contributed by atoms with Gasteiger partial charge in [-0.3, -0.25) is 4.79 Å². The maximum atomic E-state index is 13.7. The van der Waals surface area contributed by atoms with Crippen LogP contribution in [0.3, 0.4) is 0 Å². The molecule has 1 aliphatic heterocycles. The molecule has 1 spiro atoms. The number of nitrogens with zero attached hydrogens (tertiary/aromatic N) is 1. The SMILES string of the molecule is CNCC(CC1CCCC2(C1)OCCO2)C(=O)N(Cc1cccs1)C(=O)Oc1ccccc1. The fraction of sp³-hybridized carbons (Fsp3) is 0.520. The second-order valence-electron chi connectivity index (χ2n) is 8.75. The first kappa shape index (κ1) is 23.9. The second kappa shape index (κ2) is 11.2. The molecule has 1 aromatic carbocycles. The molecule has 2 atom stereocenters. The van der Waals surface area contributed by atoms with E-state index < -0.39 is 11.9 Å². The van der Waals surface area contributed by atoms with Gasteiger partial charge >= 0.3 is 6.09 Å². The van der Waals surface area contributed by atoms with Gasteiger partial charge in [-0.1, -0.05) is 30.7 Å². The molecule has 2 aromatic rings. The van der Waals surface area contributed by atoms with Crippen LogP contribution in [0.15, 0.2) is 47.8 Å². The van der Waals surface area contributed by atoms with E-state index in [1.165, 1.54) is 16.2 Å². The molecule has 2 amide bonds. The first-order valence-corrected chi connectivity index (χ1v) is 12.5. The van der Waals surface area contributed by atoms with Crippen molar-refractivity contribution in [3.05, 3.63) is 52.7 Å². The third-order valence-electron chi connectivity index (χ3n) is 6.33. The Kier molecular flexibility index (Phi) is 8.14. The van der Waals surface area contributed by atoms with Gasteiger partial charge in [0.15, 0.2) is 5.79 Å². The van der Waals surface area contributed by atoms with E-state index in [0.29, 0.717) is 37.8 Å². The van der Waals surface area contributed by atoms with Crippen molar-refractivity contribution in [2.24, 2.45) is 11.8 Å². The van der Waals surface area contributed by atoms with Crippen LogP contribution in [0.5, 0.6) is 5.75 Å². The van der Waals surface area contributed by atoms with Crippen molar-refractivity contribution in [1.82, 2.24) is 10.2 Å². The van der Waals surface area contributed by atoms with Crippen LogP contribution in [0.1, 0.15) is 37.0 Å². The highest BCUT2D eigenvalue weighted by atomic mass is 32.1. The lowest BCUT2D eigenvalue weighted by Gasteiger charge is -2.37. The van der Waals surface area contributed by atoms with Crippen LogP contribution in [0.4, 0.5) is 4.79 Å². The van der Waals surface area contributed by atoms with E-state index in [-0.39, 0.29) is 18.4 Å². The minimum Gasteiger partial charge on any atom is -0.410 e. The number of rotatable bonds is 8. The van der Waals surface area contributed by atoms with Crippen molar-refractivity contribution in [2.45, 2.75) is 44.4 Å². The Hall–Kier alpha value is -2.26. The monoisotopic (exact) mass is 472 g/mol. The molecule has 2 aliphatic rings. The number of carbonyl (C=O) groups is 2. The molecule has 7 nitrogen and oxygen atoms in total. The molecule has 2 unspecified atom stereocenters. The molecule has 33 heavy (non-hydrogen) atoms. The predicted octanol–water partition coefficient (Wildman–Crippen LogP) is 4.43. The maximum absolute atomic E-state index is 13.7. The van der Waals surface area contributed by atoms with Gasteiger partial charge in [0.2, 0.25) is 5.91 Å². The summed E-state index contributed by atoms with van der Waals surface area (Å²) in [7, 11) is 1.83. The standard InChI is InChI=1S/C25H32N2O5S/c1-26-17-20(15-19-7-5-11-25(16-19)30-12-13-31-25)23(28)27(18-22-10-6-14-33-22)24(29)32-21-8-3-2-4-9-21/h2-4,6,8-10,14,19-20,26H,5,7,11-13,15-18H2,1H3. The molecule has 4 rings (SSSR count). The van der Waals surface area contributed by atoms with Crippen LogP contribution in [0, 0.1) is 11.8 Å². The number of carbonyl (C=O) groups excluding carboxylic acids is 2. The molecule has 8 heteroatoms. The van der Waals surface area contributed by atoms with E-state index in [2.05, 4.69) is 5.32 Å². The van der Waals surface area contributed by atoms with E-state index in [1.54, 1.807) is 24.3 Å². The average Bonchev–Trinajstić information content (AvgIpc) is 3.50. The number of ether oxygens (including phenoxy) is 3. The summed E-state index contributed by atoms with van der Waals surface area (Å²) < 4.78 is 17.4. The third-order valence-corrected chi connectivity index (χ3v) is 7.19. The van der Waals surface area contributed by atoms with Gasteiger partial charge in [-0.2, -0.15) is 0 Å². The molecule has 2 fully saturated rings. The highest BCUT2D eigenvalue weighted by Crippen LogP contribution is 2.41. The van der Waals surface area contributed by atoms with Crippen LogP contribution in [-0.4, -0.2) is 49.5 Å². The highest BCUT2D eigenvalue weighted by Gasteiger charge is 2.42.